The van der Waals surface area contributed by atoms with Gasteiger partial charge in [-0.1, -0.05) is 18.6 Å². The maximum absolute atomic E-state index is 9.97. The van der Waals surface area contributed by atoms with E-state index in [1.165, 1.54) is 25.7 Å². The Morgan fingerprint density at radius 2 is 2.21 bits per heavy atom. The fourth-order valence-corrected chi connectivity index (χ4v) is 5.58. The van der Waals surface area contributed by atoms with Crippen molar-refractivity contribution in [1.82, 2.24) is 0 Å². The molecule has 4 aliphatic carbocycles. The molecule has 0 radical (unpaired) electrons. The summed E-state index contributed by atoms with van der Waals surface area (Å²) < 4.78 is 6.13. The molecule has 0 bridgehead atoms. The van der Waals surface area contributed by atoms with Gasteiger partial charge in [0.15, 0.2) is 0 Å². The summed E-state index contributed by atoms with van der Waals surface area (Å²) in [6.45, 7) is 0. The zero-order valence-electron chi connectivity index (χ0n) is 11.3. The smallest absolute Gasteiger partial charge is 0.119 e. The maximum Gasteiger partial charge on any atom is 0.119 e. The number of fused-ring (bicyclic) bond motifs is 3. The van der Waals surface area contributed by atoms with Crippen LogP contribution in [0.5, 0.6) is 0 Å². The van der Waals surface area contributed by atoms with Crippen molar-refractivity contribution in [2.75, 3.05) is 0 Å². The molecule has 1 heterocycles. The first kappa shape index (κ1) is 11.1. The van der Waals surface area contributed by atoms with Gasteiger partial charge in [-0.3, -0.25) is 0 Å². The molecule has 19 heavy (non-hydrogen) atoms. The fraction of sp³-hybridized carbons (Fsp3) is 0.765. The summed E-state index contributed by atoms with van der Waals surface area (Å²) in [5, 5.41) is 9.97. The highest BCUT2D eigenvalue weighted by molar-refractivity contribution is 5.46. The zero-order valence-corrected chi connectivity index (χ0v) is 11.3. The number of rotatable bonds is 0. The predicted octanol–water partition coefficient (Wildman–Crippen LogP) is 2.97. The molecule has 1 saturated heterocycles. The van der Waals surface area contributed by atoms with E-state index in [0.29, 0.717) is 6.10 Å². The first-order valence-corrected chi connectivity index (χ1v) is 8.05. The van der Waals surface area contributed by atoms with E-state index in [4.69, 9.17) is 4.74 Å². The third kappa shape index (κ3) is 1.34. The normalized spacial score (nSPS) is 54.3. The van der Waals surface area contributed by atoms with Gasteiger partial charge >= 0.3 is 0 Å². The van der Waals surface area contributed by atoms with Crippen LogP contribution >= 0.6 is 0 Å². The summed E-state index contributed by atoms with van der Waals surface area (Å²) in [6.07, 6.45) is 13.5. The van der Waals surface area contributed by atoms with Crippen molar-refractivity contribution in [3.63, 3.8) is 0 Å². The largest absolute Gasteiger partial charge is 0.393 e. The topological polar surface area (TPSA) is 32.8 Å². The molecule has 1 spiro atoms. The minimum Gasteiger partial charge on any atom is -0.393 e. The minimum atomic E-state index is -0.141. The van der Waals surface area contributed by atoms with Crippen LogP contribution in [0.3, 0.4) is 0 Å². The fourth-order valence-electron chi connectivity index (χ4n) is 5.58. The Kier molecular flexibility index (Phi) is 2.06. The minimum absolute atomic E-state index is 0.0285. The second-order valence-electron chi connectivity index (χ2n) is 7.29. The Morgan fingerprint density at radius 1 is 1.26 bits per heavy atom. The molecule has 0 amide bonds. The Balaban J connectivity index is 1.61. The highest BCUT2D eigenvalue weighted by Gasteiger charge is 2.65. The standard InChI is InChI=1S/C17H22O2/c18-11-5-7-15-13-6-4-10-2-1-3-12(10)14(13)8-16-17(15,9-11)19-16/h4,6,10-12,14,16,18H,1-3,5,7-9H2. The van der Waals surface area contributed by atoms with Crippen LogP contribution in [0, 0.1) is 17.8 Å². The molecular formula is C17H22O2. The number of epoxide rings is 1. The van der Waals surface area contributed by atoms with Gasteiger partial charge in [0.1, 0.15) is 5.60 Å². The lowest BCUT2D eigenvalue weighted by molar-refractivity contribution is 0.105. The van der Waals surface area contributed by atoms with Crippen LogP contribution in [-0.4, -0.2) is 22.9 Å². The summed E-state index contributed by atoms with van der Waals surface area (Å²) >= 11 is 0. The number of aliphatic hydroxyl groups excluding tert-OH is 1. The van der Waals surface area contributed by atoms with Gasteiger partial charge in [0.05, 0.1) is 12.2 Å². The van der Waals surface area contributed by atoms with Crippen molar-refractivity contribution >= 4 is 0 Å². The van der Waals surface area contributed by atoms with Gasteiger partial charge in [-0.2, -0.15) is 0 Å². The first-order valence-electron chi connectivity index (χ1n) is 8.05. The van der Waals surface area contributed by atoms with Gasteiger partial charge in [-0.15, -0.1) is 0 Å². The summed E-state index contributed by atoms with van der Waals surface area (Å²) in [7, 11) is 0. The van der Waals surface area contributed by atoms with Crippen LogP contribution in [0.1, 0.15) is 44.9 Å². The molecule has 6 unspecified atom stereocenters. The van der Waals surface area contributed by atoms with E-state index in [1.807, 2.05) is 0 Å². The van der Waals surface area contributed by atoms with Crippen molar-refractivity contribution in [3.8, 4) is 0 Å². The second-order valence-corrected chi connectivity index (χ2v) is 7.29. The van der Waals surface area contributed by atoms with E-state index in [2.05, 4.69) is 12.2 Å². The third-order valence-corrected chi connectivity index (χ3v) is 6.47. The average molecular weight is 258 g/mol. The van der Waals surface area contributed by atoms with Gasteiger partial charge in [-0.05, 0) is 61.0 Å². The lowest BCUT2D eigenvalue weighted by Gasteiger charge is -2.40. The SMILES string of the molecule is OC1CCC2=C3C=CC4CCCC4C3CC3OC23C1. The number of aliphatic hydroxyl groups is 1. The number of allylic oxidation sites excluding steroid dienone is 3. The van der Waals surface area contributed by atoms with Crippen LogP contribution in [0.15, 0.2) is 23.3 Å². The maximum atomic E-state index is 9.97. The molecule has 2 saturated carbocycles. The third-order valence-electron chi connectivity index (χ3n) is 6.47. The van der Waals surface area contributed by atoms with E-state index in [-0.39, 0.29) is 11.7 Å². The lowest BCUT2D eigenvalue weighted by atomic mass is 9.63. The van der Waals surface area contributed by atoms with Crippen molar-refractivity contribution in [2.45, 2.75) is 62.8 Å². The highest BCUT2D eigenvalue weighted by Crippen LogP contribution is 2.62. The summed E-state index contributed by atoms with van der Waals surface area (Å²) in [5.41, 5.74) is 3.16. The van der Waals surface area contributed by atoms with E-state index >= 15 is 0 Å². The molecule has 102 valence electrons. The van der Waals surface area contributed by atoms with Crippen LogP contribution in [0.2, 0.25) is 0 Å². The monoisotopic (exact) mass is 258 g/mol. The zero-order chi connectivity index (χ0) is 12.6. The van der Waals surface area contributed by atoms with Crippen molar-refractivity contribution in [2.24, 2.45) is 17.8 Å². The molecule has 2 nitrogen and oxygen atoms in total. The molecule has 2 heteroatoms. The Morgan fingerprint density at radius 3 is 3.16 bits per heavy atom. The van der Waals surface area contributed by atoms with E-state index in [9.17, 15) is 5.11 Å². The van der Waals surface area contributed by atoms with Crippen LogP contribution in [-0.2, 0) is 4.74 Å². The molecule has 0 aromatic carbocycles. The molecule has 5 aliphatic rings. The van der Waals surface area contributed by atoms with Crippen LogP contribution in [0.25, 0.3) is 0 Å². The van der Waals surface area contributed by atoms with Crippen molar-refractivity contribution in [1.29, 1.82) is 0 Å². The van der Waals surface area contributed by atoms with E-state index in [1.54, 1.807) is 11.1 Å². The van der Waals surface area contributed by atoms with Crippen molar-refractivity contribution in [3.05, 3.63) is 23.3 Å². The molecule has 3 fully saturated rings. The Hall–Kier alpha value is -0.600. The highest BCUT2D eigenvalue weighted by atomic mass is 16.6. The number of hydrogen-bond acceptors (Lipinski definition) is 2. The quantitative estimate of drug-likeness (QED) is 0.678. The first-order chi connectivity index (χ1) is 9.28. The van der Waals surface area contributed by atoms with Gasteiger partial charge in [0, 0.05) is 6.42 Å². The summed E-state index contributed by atoms with van der Waals surface area (Å²) in [5.74, 6) is 2.50. The van der Waals surface area contributed by atoms with E-state index < -0.39 is 0 Å². The van der Waals surface area contributed by atoms with Gasteiger partial charge in [-0.25, -0.2) is 0 Å². The average Bonchev–Trinajstić information content (AvgIpc) is 2.87. The summed E-state index contributed by atoms with van der Waals surface area (Å²) in [4.78, 5) is 0. The Labute approximate surface area is 114 Å². The Bertz CT molecular complexity index is 491. The number of ether oxygens (including phenoxy) is 1. The van der Waals surface area contributed by atoms with Crippen LogP contribution < -0.4 is 0 Å². The molecule has 5 rings (SSSR count). The van der Waals surface area contributed by atoms with Gasteiger partial charge < -0.3 is 9.84 Å². The lowest BCUT2D eigenvalue weighted by Crippen LogP contribution is -2.39. The molecular weight excluding hydrogens is 236 g/mol. The van der Waals surface area contributed by atoms with Gasteiger partial charge in [0.2, 0.25) is 0 Å². The van der Waals surface area contributed by atoms with Gasteiger partial charge in [0.25, 0.3) is 0 Å². The molecule has 1 aliphatic heterocycles. The van der Waals surface area contributed by atoms with Crippen LogP contribution in [0.4, 0.5) is 0 Å². The predicted molar refractivity (Wildman–Crippen MR) is 72.6 cm³/mol. The second kappa shape index (κ2) is 3.53. The number of hydrogen-bond donors (Lipinski definition) is 1. The molecule has 6 atom stereocenters. The summed E-state index contributed by atoms with van der Waals surface area (Å²) in [6, 6.07) is 0. The van der Waals surface area contributed by atoms with E-state index in [0.717, 1.165) is 37.0 Å². The molecule has 0 aromatic rings. The van der Waals surface area contributed by atoms with Crippen molar-refractivity contribution < 1.29 is 9.84 Å². The molecule has 0 aromatic heterocycles. The molecule has 1 N–H and O–H groups in total.